The van der Waals surface area contributed by atoms with Crippen molar-refractivity contribution in [2.24, 2.45) is 0 Å². The minimum absolute atomic E-state index is 0.784. The van der Waals surface area contributed by atoms with E-state index in [4.69, 9.17) is 5.73 Å². The summed E-state index contributed by atoms with van der Waals surface area (Å²) in [7, 11) is 0. The first-order chi connectivity index (χ1) is 8.83. The zero-order chi connectivity index (χ0) is 12.4. The number of hydrogen-bond donors (Lipinski definition) is 2. The molecule has 0 saturated heterocycles. The molecule has 18 heavy (non-hydrogen) atoms. The SMILES string of the molecule is Nc1cc(NCc2ccccc2)nc2c1CCC2. The number of nitrogen functional groups attached to an aromatic ring is 1. The van der Waals surface area contributed by atoms with Gasteiger partial charge in [0.05, 0.1) is 0 Å². The molecule has 1 aliphatic rings. The van der Waals surface area contributed by atoms with Crippen molar-refractivity contribution in [2.45, 2.75) is 25.8 Å². The minimum atomic E-state index is 0.784. The number of nitrogens with two attached hydrogens (primary N) is 1. The molecule has 0 fully saturated rings. The Morgan fingerprint density at radius 2 is 2.00 bits per heavy atom. The number of aromatic nitrogens is 1. The number of anilines is 2. The van der Waals surface area contributed by atoms with Gasteiger partial charge in [0.1, 0.15) is 5.82 Å². The Bertz CT molecular complexity index is 549. The summed E-state index contributed by atoms with van der Waals surface area (Å²) in [6.45, 7) is 0.784. The van der Waals surface area contributed by atoms with E-state index in [0.29, 0.717) is 0 Å². The molecule has 0 atom stereocenters. The topological polar surface area (TPSA) is 50.9 Å². The largest absolute Gasteiger partial charge is 0.398 e. The van der Waals surface area contributed by atoms with Gasteiger partial charge in [0.2, 0.25) is 0 Å². The highest BCUT2D eigenvalue weighted by molar-refractivity contribution is 5.58. The highest BCUT2D eigenvalue weighted by Crippen LogP contribution is 2.27. The maximum absolute atomic E-state index is 6.06. The summed E-state index contributed by atoms with van der Waals surface area (Å²) >= 11 is 0. The Balaban J connectivity index is 1.76. The van der Waals surface area contributed by atoms with Crippen LogP contribution < -0.4 is 11.1 Å². The van der Waals surface area contributed by atoms with E-state index in [2.05, 4.69) is 22.4 Å². The maximum atomic E-state index is 6.06. The van der Waals surface area contributed by atoms with Crippen LogP contribution in [0.15, 0.2) is 36.4 Å². The van der Waals surface area contributed by atoms with E-state index >= 15 is 0 Å². The molecule has 3 nitrogen and oxygen atoms in total. The van der Waals surface area contributed by atoms with Crippen molar-refractivity contribution in [3.63, 3.8) is 0 Å². The predicted octanol–water partition coefficient (Wildman–Crippen LogP) is 2.76. The number of aryl methyl sites for hydroxylation is 1. The molecule has 1 aromatic heterocycles. The van der Waals surface area contributed by atoms with E-state index in [1.165, 1.54) is 23.2 Å². The number of nitrogens with zero attached hydrogens (tertiary/aromatic N) is 1. The first kappa shape index (κ1) is 11.1. The molecule has 0 bridgehead atoms. The monoisotopic (exact) mass is 239 g/mol. The number of rotatable bonds is 3. The van der Waals surface area contributed by atoms with Gasteiger partial charge < -0.3 is 11.1 Å². The lowest BCUT2D eigenvalue weighted by Gasteiger charge is -2.10. The molecule has 0 saturated carbocycles. The van der Waals surface area contributed by atoms with E-state index in [1.807, 2.05) is 24.3 Å². The Kier molecular flexibility index (Phi) is 2.89. The van der Waals surface area contributed by atoms with Gasteiger partial charge in [-0.3, -0.25) is 0 Å². The Morgan fingerprint density at radius 1 is 1.17 bits per heavy atom. The van der Waals surface area contributed by atoms with Crippen LogP contribution in [0.2, 0.25) is 0 Å². The van der Waals surface area contributed by atoms with Crippen LogP contribution in [0.5, 0.6) is 0 Å². The average molecular weight is 239 g/mol. The lowest BCUT2D eigenvalue weighted by Crippen LogP contribution is -2.05. The van der Waals surface area contributed by atoms with E-state index in [1.54, 1.807) is 0 Å². The second kappa shape index (κ2) is 4.69. The van der Waals surface area contributed by atoms with Crippen LogP contribution in [0.25, 0.3) is 0 Å². The van der Waals surface area contributed by atoms with Crippen molar-refractivity contribution in [3.05, 3.63) is 53.2 Å². The molecule has 0 unspecified atom stereocenters. The molecule has 2 aromatic rings. The van der Waals surface area contributed by atoms with Crippen molar-refractivity contribution in [1.82, 2.24) is 4.98 Å². The first-order valence-corrected chi connectivity index (χ1v) is 6.39. The summed E-state index contributed by atoms with van der Waals surface area (Å²) in [6, 6.07) is 12.3. The maximum Gasteiger partial charge on any atom is 0.128 e. The lowest BCUT2D eigenvalue weighted by molar-refractivity contribution is 0.899. The van der Waals surface area contributed by atoms with E-state index in [9.17, 15) is 0 Å². The van der Waals surface area contributed by atoms with Crippen molar-refractivity contribution in [3.8, 4) is 0 Å². The molecular formula is C15H17N3. The molecule has 3 N–H and O–H groups in total. The molecule has 0 aliphatic heterocycles. The second-order valence-electron chi connectivity index (χ2n) is 4.71. The van der Waals surface area contributed by atoms with Gasteiger partial charge in [-0.2, -0.15) is 0 Å². The number of benzene rings is 1. The normalized spacial score (nSPS) is 13.3. The molecule has 0 amide bonds. The van der Waals surface area contributed by atoms with Gasteiger partial charge in [0.25, 0.3) is 0 Å². The van der Waals surface area contributed by atoms with Gasteiger partial charge >= 0.3 is 0 Å². The molecule has 3 rings (SSSR count). The number of fused-ring (bicyclic) bond motifs is 1. The average Bonchev–Trinajstić information content (AvgIpc) is 2.86. The smallest absolute Gasteiger partial charge is 0.128 e. The standard InChI is InChI=1S/C15H17N3/c16-13-9-15(18-14-8-4-7-12(13)14)17-10-11-5-2-1-3-6-11/h1-3,5-6,9H,4,7-8,10H2,(H3,16,17,18). The number of nitrogens with one attached hydrogen (secondary N) is 1. The summed E-state index contributed by atoms with van der Waals surface area (Å²) in [5.74, 6) is 0.886. The van der Waals surface area contributed by atoms with Gasteiger partial charge in [-0.1, -0.05) is 30.3 Å². The summed E-state index contributed by atoms with van der Waals surface area (Å²) in [5.41, 5.74) is 10.6. The summed E-state index contributed by atoms with van der Waals surface area (Å²) in [4.78, 5) is 4.64. The molecule has 1 aliphatic carbocycles. The molecule has 92 valence electrons. The third-order valence-corrected chi connectivity index (χ3v) is 3.40. The first-order valence-electron chi connectivity index (χ1n) is 6.39. The van der Waals surface area contributed by atoms with Crippen molar-refractivity contribution in [1.29, 1.82) is 0 Å². The van der Waals surface area contributed by atoms with E-state index < -0.39 is 0 Å². The van der Waals surface area contributed by atoms with Gasteiger partial charge in [0.15, 0.2) is 0 Å². The lowest BCUT2D eigenvalue weighted by atomic mass is 10.2. The Hall–Kier alpha value is -2.03. The van der Waals surface area contributed by atoms with Crippen LogP contribution in [-0.4, -0.2) is 4.98 Å². The summed E-state index contributed by atoms with van der Waals surface area (Å²) in [6.07, 6.45) is 3.31. The summed E-state index contributed by atoms with van der Waals surface area (Å²) < 4.78 is 0. The van der Waals surface area contributed by atoms with Crippen LogP contribution >= 0.6 is 0 Å². The van der Waals surface area contributed by atoms with Crippen molar-refractivity contribution >= 4 is 11.5 Å². The third-order valence-electron chi connectivity index (χ3n) is 3.40. The van der Waals surface area contributed by atoms with Gasteiger partial charge in [-0.15, -0.1) is 0 Å². The van der Waals surface area contributed by atoms with Crippen LogP contribution in [-0.2, 0) is 19.4 Å². The third kappa shape index (κ3) is 2.16. The number of pyridine rings is 1. The van der Waals surface area contributed by atoms with Gasteiger partial charge in [-0.25, -0.2) is 4.98 Å². The summed E-state index contributed by atoms with van der Waals surface area (Å²) in [5, 5.41) is 3.34. The minimum Gasteiger partial charge on any atom is -0.398 e. The fourth-order valence-corrected chi connectivity index (χ4v) is 2.45. The number of hydrogen-bond acceptors (Lipinski definition) is 3. The second-order valence-corrected chi connectivity index (χ2v) is 4.71. The molecule has 0 radical (unpaired) electrons. The molecule has 0 spiro atoms. The van der Waals surface area contributed by atoms with E-state index in [-0.39, 0.29) is 0 Å². The highest BCUT2D eigenvalue weighted by atomic mass is 15.0. The zero-order valence-corrected chi connectivity index (χ0v) is 10.3. The molecule has 1 heterocycles. The van der Waals surface area contributed by atoms with Crippen molar-refractivity contribution < 1.29 is 0 Å². The highest BCUT2D eigenvalue weighted by Gasteiger charge is 2.16. The van der Waals surface area contributed by atoms with E-state index in [0.717, 1.165) is 30.9 Å². The molecule has 1 aromatic carbocycles. The predicted molar refractivity (Wildman–Crippen MR) is 74.4 cm³/mol. The van der Waals surface area contributed by atoms with Gasteiger partial charge in [-0.05, 0) is 30.4 Å². The van der Waals surface area contributed by atoms with Crippen LogP contribution in [0.4, 0.5) is 11.5 Å². The quantitative estimate of drug-likeness (QED) is 0.866. The zero-order valence-electron chi connectivity index (χ0n) is 10.3. The van der Waals surface area contributed by atoms with Crippen molar-refractivity contribution in [2.75, 3.05) is 11.1 Å². The molecular weight excluding hydrogens is 222 g/mol. The Morgan fingerprint density at radius 3 is 2.83 bits per heavy atom. The van der Waals surface area contributed by atoms with Crippen LogP contribution in [0.1, 0.15) is 23.2 Å². The van der Waals surface area contributed by atoms with Crippen LogP contribution in [0.3, 0.4) is 0 Å². The fraction of sp³-hybridized carbons (Fsp3) is 0.267. The molecule has 3 heteroatoms. The van der Waals surface area contributed by atoms with Gasteiger partial charge in [0, 0.05) is 24.0 Å². The van der Waals surface area contributed by atoms with Crippen LogP contribution in [0, 0.1) is 0 Å². The fourth-order valence-electron chi connectivity index (χ4n) is 2.45. The Labute approximate surface area is 107 Å².